The van der Waals surface area contributed by atoms with Gasteiger partial charge in [0, 0.05) is 19.3 Å². The van der Waals surface area contributed by atoms with Gasteiger partial charge in [0.05, 0.1) is 0 Å². The van der Waals surface area contributed by atoms with Crippen LogP contribution in [0.5, 0.6) is 0 Å². The average molecular weight is 962 g/mol. The predicted octanol–water partition coefficient (Wildman–Crippen LogP) is 20.6. The molecule has 0 rings (SSSR count). The normalized spacial score (nSPS) is 12.0. The summed E-state index contributed by atoms with van der Waals surface area (Å²) in [4.78, 5) is 38.2. The van der Waals surface area contributed by atoms with E-state index in [0.29, 0.717) is 19.3 Å². The Morgan fingerprint density at radius 1 is 0.279 bits per heavy atom. The minimum absolute atomic E-state index is 0.0614. The number of carbonyl (C=O) groups is 3. The molecule has 6 heteroatoms. The molecule has 0 aliphatic rings. The van der Waals surface area contributed by atoms with Gasteiger partial charge in [-0.25, -0.2) is 0 Å². The van der Waals surface area contributed by atoms with Crippen molar-refractivity contribution in [2.75, 3.05) is 13.2 Å². The van der Waals surface area contributed by atoms with Gasteiger partial charge in [-0.3, -0.25) is 14.4 Å². The molecule has 0 saturated carbocycles. The third kappa shape index (κ3) is 55.3. The molecule has 404 valence electrons. The maximum absolute atomic E-state index is 12.9. The second kappa shape index (κ2) is 56.3. The first-order valence-corrected chi connectivity index (χ1v) is 30.9. The van der Waals surface area contributed by atoms with Gasteiger partial charge < -0.3 is 14.2 Å². The first-order valence-electron chi connectivity index (χ1n) is 30.9. The molecule has 1 atom stereocenters. The fraction of sp³-hybridized carbons (Fsp3) is 0.952. The van der Waals surface area contributed by atoms with Gasteiger partial charge in [0.2, 0.25) is 0 Å². The van der Waals surface area contributed by atoms with Crippen LogP contribution < -0.4 is 0 Å². The lowest BCUT2D eigenvalue weighted by molar-refractivity contribution is -0.167. The molecule has 6 nitrogen and oxygen atoms in total. The first kappa shape index (κ1) is 66.4. The molecular weight excluding hydrogens is 841 g/mol. The first-order chi connectivity index (χ1) is 33.4. The van der Waals surface area contributed by atoms with Crippen LogP contribution in [0.4, 0.5) is 0 Å². The van der Waals surface area contributed by atoms with Crippen molar-refractivity contribution in [1.29, 1.82) is 0 Å². The van der Waals surface area contributed by atoms with Crippen LogP contribution in [0.3, 0.4) is 0 Å². The molecule has 0 aromatic rings. The van der Waals surface area contributed by atoms with Gasteiger partial charge in [0.15, 0.2) is 6.10 Å². The zero-order valence-corrected chi connectivity index (χ0v) is 46.6. The summed E-state index contributed by atoms with van der Waals surface area (Å²) in [5.41, 5.74) is 0. The summed E-state index contributed by atoms with van der Waals surface area (Å²) in [6.45, 7) is 9.08. The van der Waals surface area contributed by atoms with Crippen LogP contribution in [0.25, 0.3) is 0 Å². The molecule has 0 heterocycles. The highest BCUT2D eigenvalue weighted by atomic mass is 16.6. The molecule has 0 aliphatic carbocycles. The standard InChI is InChI=1S/C62H120O6/c1-5-7-9-11-13-15-17-19-20-21-22-23-28-31-35-39-43-47-51-55-62(65)68-59(56-66-60(63)53-49-45-41-37-33-18-16-14-12-10-8-6-2)57-67-61(64)54-50-46-42-38-34-30-27-25-24-26-29-32-36-40-44-48-52-58(3)4/h58-59H,5-57H2,1-4H3/t59-/m1/s1. The largest absolute Gasteiger partial charge is 0.462 e. The van der Waals surface area contributed by atoms with E-state index in [4.69, 9.17) is 14.2 Å². The van der Waals surface area contributed by atoms with Gasteiger partial charge in [-0.15, -0.1) is 0 Å². The van der Waals surface area contributed by atoms with Crippen molar-refractivity contribution in [2.45, 2.75) is 361 Å². The van der Waals surface area contributed by atoms with E-state index in [1.807, 2.05) is 0 Å². The number of carbonyl (C=O) groups excluding carboxylic acids is 3. The van der Waals surface area contributed by atoms with Gasteiger partial charge in [-0.2, -0.15) is 0 Å². The molecule has 68 heavy (non-hydrogen) atoms. The Hall–Kier alpha value is -1.59. The zero-order valence-electron chi connectivity index (χ0n) is 46.6. The van der Waals surface area contributed by atoms with Gasteiger partial charge in [0.25, 0.3) is 0 Å². The van der Waals surface area contributed by atoms with Crippen LogP contribution in [0.15, 0.2) is 0 Å². The van der Waals surface area contributed by atoms with Gasteiger partial charge in [-0.1, -0.05) is 317 Å². The Balaban J connectivity index is 4.25. The second-order valence-electron chi connectivity index (χ2n) is 21.8. The Labute approximate surface area is 425 Å². The molecule has 0 bridgehead atoms. The van der Waals surface area contributed by atoms with E-state index in [9.17, 15) is 14.4 Å². The second-order valence-corrected chi connectivity index (χ2v) is 21.8. The molecule has 0 radical (unpaired) electrons. The van der Waals surface area contributed by atoms with E-state index < -0.39 is 6.10 Å². The predicted molar refractivity (Wildman–Crippen MR) is 293 cm³/mol. The highest BCUT2D eigenvalue weighted by Gasteiger charge is 2.19. The Morgan fingerprint density at radius 2 is 0.485 bits per heavy atom. The van der Waals surface area contributed by atoms with Crippen molar-refractivity contribution < 1.29 is 28.6 Å². The van der Waals surface area contributed by atoms with Crippen molar-refractivity contribution >= 4 is 17.9 Å². The van der Waals surface area contributed by atoms with Crippen molar-refractivity contribution in [3.05, 3.63) is 0 Å². The lowest BCUT2D eigenvalue weighted by atomic mass is 10.0. The molecule has 0 aromatic heterocycles. The Kier molecular flexibility index (Phi) is 55.0. The zero-order chi connectivity index (χ0) is 49.5. The third-order valence-electron chi connectivity index (χ3n) is 14.3. The molecule has 0 aromatic carbocycles. The topological polar surface area (TPSA) is 78.9 Å². The molecule has 0 amide bonds. The van der Waals surface area contributed by atoms with Crippen LogP contribution in [0.2, 0.25) is 0 Å². The minimum Gasteiger partial charge on any atom is -0.462 e. The Morgan fingerprint density at radius 3 is 0.721 bits per heavy atom. The summed E-state index contributed by atoms with van der Waals surface area (Å²) in [5.74, 6) is 0.0220. The van der Waals surface area contributed by atoms with E-state index in [-0.39, 0.29) is 31.1 Å². The van der Waals surface area contributed by atoms with Crippen molar-refractivity contribution in [3.8, 4) is 0 Å². The number of rotatable bonds is 57. The SMILES string of the molecule is CCCCCCCCCCCCCCCCCCCCCC(=O)O[C@H](COC(=O)CCCCCCCCCCCCCC)COC(=O)CCCCCCCCCCCCCCCCCCC(C)C. The molecule has 0 spiro atoms. The van der Waals surface area contributed by atoms with Gasteiger partial charge in [0.1, 0.15) is 13.2 Å². The fourth-order valence-corrected chi connectivity index (χ4v) is 9.63. The maximum Gasteiger partial charge on any atom is 0.306 e. The molecule has 0 unspecified atom stereocenters. The van der Waals surface area contributed by atoms with Crippen LogP contribution in [0.1, 0.15) is 355 Å². The molecule has 0 saturated heterocycles. The van der Waals surface area contributed by atoms with E-state index >= 15 is 0 Å². The highest BCUT2D eigenvalue weighted by molar-refractivity contribution is 5.71. The van der Waals surface area contributed by atoms with Gasteiger partial charge in [-0.05, 0) is 25.2 Å². The number of hydrogen-bond acceptors (Lipinski definition) is 6. The lowest BCUT2D eigenvalue weighted by Crippen LogP contribution is -2.30. The highest BCUT2D eigenvalue weighted by Crippen LogP contribution is 2.18. The summed E-state index contributed by atoms with van der Waals surface area (Å²) in [6.07, 6.45) is 62.4. The van der Waals surface area contributed by atoms with Crippen LogP contribution in [0, 0.1) is 5.92 Å². The van der Waals surface area contributed by atoms with Crippen LogP contribution in [-0.4, -0.2) is 37.2 Å². The summed E-state index contributed by atoms with van der Waals surface area (Å²) in [6, 6.07) is 0. The number of unbranched alkanes of at least 4 members (excludes halogenated alkanes) is 44. The number of esters is 3. The quantitative estimate of drug-likeness (QED) is 0.0343. The van der Waals surface area contributed by atoms with E-state index in [0.717, 1.165) is 63.7 Å². The Bertz CT molecular complexity index is 1030. The minimum atomic E-state index is -0.762. The summed E-state index contributed by atoms with van der Waals surface area (Å²) >= 11 is 0. The lowest BCUT2D eigenvalue weighted by Gasteiger charge is -2.18. The van der Waals surface area contributed by atoms with Crippen molar-refractivity contribution in [3.63, 3.8) is 0 Å². The summed E-state index contributed by atoms with van der Waals surface area (Å²) in [5, 5.41) is 0. The molecule has 0 aliphatic heterocycles. The summed E-state index contributed by atoms with van der Waals surface area (Å²) in [7, 11) is 0. The van der Waals surface area contributed by atoms with Crippen LogP contribution >= 0.6 is 0 Å². The molecule has 0 N–H and O–H groups in total. The summed E-state index contributed by atoms with van der Waals surface area (Å²) < 4.78 is 16.9. The average Bonchev–Trinajstić information content (AvgIpc) is 3.32. The van der Waals surface area contributed by atoms with Crippen molar-refractivity contribution in [2.24, 2.45) is 5.92 Å². The van der Waals surface area contributed by atoms with E-state index in [1.165, 1.54) is 250 Å². The monoisotopic (exact) mass is 961 g/mol. The van der Waals surface area contributed by atoms with Gasteiger partial charge >= 0.3 is 17.9 Å². The third-order valence-corrected chi connectivity index (χ3v) is 14.3. The molecular formula is C62H120O6. The number of hydrogen-bond donors (Lipinski definition) is 0. The van der Waals surface area contributed by atoms with Crippen LogP contribution in [-0.2, 0) is 28.6 Å². The number of ether oxygens (including phenoxy) is 3. The maximum atomic E-state index is 12.9. The molecule has 0 fully saturated rings. The van der Waals surface area contributed by atoms with E-state index in [1.54, 1.807) is 0 Å². The van der Waals surface area contributed by atoms with E-state index in [2.05, 4.69) is 27.7 Å². The smallest absolute Gasteiger partial charge is 0.306 e. The fourth-order valence-electron chi connectivity index (χ4n) is 9.63. The van der Waals surface area contributed by atoms with Crippen molar-refractivity contribution in [1.82, 2.24) is 0 Å².